The molecular weight excluding hydrogens is 536 g/mol. The quantitative estimate of drug-likeness (QED) is 0.146. The average molecular weight is 583 g/mol. The molecule has 44 heavy (non-hydrogen) atoms. The first-order chi connectivity index (χ1) is 21.2. The van der Waals surface area contributed by atoms with Gasteiger partial charge in [0.1, 0.15) is 5.82 Å². The van der Waals surface area contributed by atoms with E-state index in [9.17, 15) is 0 Å². The van der Waals surface area contributed by atoms with Crippen molar-refractivity contribution in [3.63, 3.8) is 0 Å². The molecule has 0 saturated heterocycles. The van der Waals surface area contributed by atoms with Gasteiger partial charge in [-0.05, 0) is 108 Å². The molecule has 0 spiro atoms. The highest BCUT2D eigenvalue weighted by molar-refractivity contribution is 5.80. The largest absolute Gasteiger partial charge is 0.311 e. The van der Waals surface area contributed by atoms with Crippen LogP contribution in [0.3, 0.4) is 0 Å². The highest BCUT2D eigenvalue weighted by atomic mass is 15.2. The molecule has 0 aliphatic rings. The van der Waals surface area contributed by atoms with Gasteiger partial charge < -0.3 is 4.90 Å². The number of hydrogen-bond donors (Lipinski definition) is 0. The summed E-state index contributed by atoms with van der Waals surface area (Å²) in [6.07, 6.45) is 10.2. The highest BCUT2D eigenvalue weighted by Gasteiger charge is 2.23. The summed E-state index contributed by atoms with van der Waals surface area (Å²) in [5.74, 6) is 0.848. The Morgan fingerprint density at radius 3 is 1.39 bits per heavy atom. The normalized spacial score (nSPS) is 11.8. The van der Waals surface area contributed by atoms with Crippen LogP contribution in [0.15, 0.2) is 122 Å². The fourth-order valence-corrected chi connectivity index (χ4v) is 6.25. The lowest BCUT2D eigenvalue weighted by Gasteiger charge is -2.30. The van der Waals surface area contributed by atoms with Gasteiger partial charge in [0, 0.05) is 35.1 Å². The maximum atomic E-state index is 4.65. The number of pyridine rings is 2. The van der Waals surface area contributed by atoms with Gasteiger partial charge in [-0.2, -0.15) is 0 Å². The van der Waals surface area contributed by atoms with Crippen molar-refractivity contribution in [2.45, 2.75) is 78.1 Å². The molecule has 0 aliphatic heterocycles. The van der Waals surface area contributed by atoms with Crippen molar-refractivity contribution in [1.82, 2.24) is 9.97 Å². The van der Waals surface area contributed by atoms with E-state index in [-0.39, 0.29) is 10.8 Å². The Bertz CT molecular complexity index is 1490. The molecule has 0 bridgehead atoms. The number of aromatic nitrogens is 2. The number of rotatable bonds is 12. The number of anilines is 6. The first-order valence-corrected chi connectivity index (χ1v) is 16.0. The third kappa shape index (κ3) is 6.86. The maximum Gasteiger partial charge on any atom is 0.137 e. The fraction of sp³-hybridized carbons (Fsp3) is 0.300. The summed E-state index contributed by atoms with van der Waals surface area (Å²) in [7, 11) is 0. The summed E-state index contributed by atoms with van der Waals surface area (Å²) >= 11 is 0. The molecule has 0 atom stereocenters. The lowest BCUT2D eigenvalue weighted by molar-refractivity contribution is 0.473. The molecule has 3 aromatic carbocycles. The molecule has 5 rings (SSSR count). The average Bonchev–Trinajstić information content (AvgIpc) is 3.04. The Morgan fingerprint density at radius 1 is 0.500 bits per heavy atom. The number of benzene rings is 3. The molecule has 0 fully saturated rings. The molecule has 0 saturated carbocycles. The van der Waals surface area contributed by atoms with Gasteiger partial charge >= 0.3 is 0 Å². The summed E-state index contributed by atoms with van der Waals surface area (Å²) in [6, 6.07) is 37.0. The Balaban J connectivity index is 1.56. The third-order valence-electron chi connectivity index (χ3n) is 8.71. The molecule has 2 aromatic heterocycles. The van der Waals surface area contributed by atoms with Crippen LogP contribution >= 0.6 is 0 Å². The molecule has 2 heterocycles. The van der Waals surface area contributed by atoms with Crippen molar-refractivity contribution >= 4 is 34.3 Å². The van der Waals surface area contributed by atoms with Gasteiger partial charge in [-0.3, -0.25) is 9.88 Å². The fourth-order valence-electron chi connectivity index (χ4n) is 6.25. The minimum atomic E-state index is 0.146. The molecule has 0 amide bonds. The molecule has 4 nitrogen and oxygen atoms in total. The summed E-state index contributed by atoms with van der Waals surface area (Å²) < 4.78 is 0. The second kappa shape index (κ2) is 13.5. The molecule has 0 radical (unpaired) electrons. The predicted molar refractivity (Wildman–Crippen MR) is 187 cm³/mol. The van der Waals surface area contributed by atoms with E-state index >= 15 is 0 Å². The summed E-state index contributed by atoms with van der Waals surface area (Å²) in [6.45, 7) is 13.9. The van der Waals surface area contributed by atoms with Gasteiger partial charge in [0.25, 0.3) is 0 Å². The SMILES string of the molecule is CCCC(C)(C)c1ccc(N(c2ccc(N(c3cccnc3)c3ccccn3)cc2)c2ccc(C(C)(C)CCC)cc2)cc1. The zero-order chi connectivity index (χ0) is 31.2. The van der Waals surface area contributed by atoms with Crippen molar-refractivity contribution in [1.29, 1.82) is 0 Å². The maximum absolute atomic E-state index is 4.65. The van der Waals surface area contributed by atoms with Crippen molar-refractivity contribution in [2.75, 3.05) is 9.80 Å². The van der Waals surface area contributed by atoms with Gasteiger partial charge in [-0.15, -0.1) is 0 Å². The van der Waals surface area contributed by atoms with Crippen LogP contribution in [0.4, 0.5) is 34.3 Å². The van der Waals surface area contributed by atoms with E-state index in [4.69, 9.17) is 0 Å². The Labute approximate surface area is 264 Å². The summed E-state index contributed by atoms with van der Waals surface area (Å²) in [5, 5.41) is 0. The second-order valence-corrected chi connectivity index (χ2v) is 12.9. The van der Waals surface area contributed by atoms with E-state index in [2.05, 4.69) is 140 Å². The van der Waals surface area contributed by atoms with Gasteiger partial charge in [0.05, 0.1) is 11.9 Å². The van der Waals surface area contributed by atoms with Crippen LogP contribution in [0, 0.1) is 0 Å². The number of hydrogen-bond acceptors (Lipinski definition) is 4. The summed E-state index contributed by atoms with van der Waals surface area (Å²) in [5.41, 5.74) is 8.41. The van der Waals surface area contributed by atoms with Crippen LogP contribution in [0.2, 0.25) is 0 Å². The van der Waals surface area contributed by atoms with E-state index in [1.807, 2.05) is 36.7 Å². The summed E-state index contributed by atoms with van der Waals surface area (Å²) in [4.78, 5) is 13.5. The van der Waals surface area contributed by atoms with Crippen LogP contribution in [0.5, 0.6) is 0 Å². The first-order valence-electron chi connectivity index (χ1n) is 16.0. The van der Waals surface area contributed by atoms with E-state index in [0.29, 0.717) is 0 Å². The van der Waals surface area contributed by atoms with Gasteiger partial charge in [-0.25, -0.2) is 4.98 Å². The van der Waals surface area contributed by atoms with Crippen LogP contribution < -0.4 is 9.80 Å². The van der Waals surface area contributed by atoms with Crippen LogP contribution in [-0.2, 0) is 10.8 Å². The van der Waals surface area contributed by atoms with Crippen molar-refractivity contribution < 1.29 is 0 Å². The van der Waals surface area contributed by atoms with Gasteiger partial charge in [0.15, 0.2) is 0 Å². The van der Waals surface area contributed by atoms with Crippen molar-refractivity contribution in [3.8, 4) is 0 Å². The van der Waals surface area contributed by atoms with Crippen LogP contribution in [0.1, 0.15) is 78.4 Å². The van der Waals surface area contributed by atoms with E-state index < -0.39 is 0 Å². The van der Waals surface area contributed by atoms with Crippen molar-refractivity contribution in [2.24, 2.45) is 0 Å². The first kappa shape index (κ1) is 31.0. The lowest BCUT2D eigenvalue weighted by Crippen LogP contribution is -2.18. The van der Waals surface area contributed by atoms with Gasteiger partial charge in [-0.1, -0.05) is 84.7 Å². The minimum absolute atomic E-state index is 0.146. The molecule has 0 N–H and O–H groups in total. The van der Waals surface area contributed by atoms with E-state index in [1.165, 1.54) is 24.0 Å². The smallest absolute Gasteiger partial charge is 0.137 e. The van der Waals surface area contributed by atoms with E-state index in [0.717, 1.165) is 47.1 Å². The van der Waals surface area contributed by atoms with Crippen LogP contribution in [-0.4, -0.2) is 9.97 Å². The highest BCUT2D eigenvalue weighted by Crippen LogP contribution is 2.40. The molecule has 5 aromatic rings. The number of nitrogens with zero attached hydrogens (tertiary/aromatic N) is 4. The minimum Gasteiger partial charge on any atom is -0.311 e. The zero-order valence-corrected chi connectivity index (χ0v) is 27.2. The topological polar surface area (TPSA) is 32.3 Å². The third-order valence-corrected chi connectivity index (χ3v) is 8.71. The standard InChI is InChI=1S/C40H46N4/c1-7-26-39(3,4)31-14-18-33(19-15-31)43(34-20-16-32(17-21-34)40(5,6)27-8-2)35-22-24-36(25-23-35)44(37-12-11-28-41-30-37)38-13-9-10-29-42-38/h9-25,28-30H,7-8,26-27H2,1-6H3. The molecule has 4 heteroatoms. The van der Waals surface area contributed by atoms with E-state index in [1.54, 1.807) is 6.20 Å². The Morgan fingerprint density at radius 2 is 0.977 bits per heavy atom. The van der Waals surface area contributed by atoms with Crippen molar-refractivity contribution in [3.05, 3.63) is 133 Å². The molecular formula is C40H46N4. The van der Waals surface area contributed by atoms with Gasteiger partial charge in [0.2, 0.25) is 0 Å². The lowest BCUT2D eigenvalue weighted by atomic mass is 9.80. The van der Waals surface area contributed by atoms with Crippen LogP contribution in [0.25, 0.3) is 0 Å². The molecule has 226 valence electrons. The molecule has 0 unspecified atom stereocenters. The zero-order valence-electron chi connectivity index (χ0n) is 27.2. The predicted octanol–water partition coefficient (Wildman–Crippen LogP) is 11.6. The second-order valence-electron chi connectivity index (χ2n) is 12.9. The Kier molecular flexibility index (Phi) is 9.49. The Hall–Kier alpha value is -4.44. The monoisotopic (exact) mass is 582 g/mol. The molecule has 0 aliphatic carbocycles.